The zero-order valence-corrected chi connectivity index (χ0v) is 19.7. The molecule has 1 heterocycles. The summed E-state index contributed by atoms with van der Waals surface area (Å²) >= 11 is 6.25. The van der Waals surface area contributed by atoms with Crippen LogP contribution in [0.5, 0.6) is 0 Å². The van der Waals surface area contributed by atoms with Crippen LogP contribution < -0.4 is 10.6 Å². The Labute approximate surface area is 192 Å². The minimum atomic E-state index is -0.309. The topological polar surface area (TPSA) is 82.0 Å². The second-order valence-corrected chi connectivity index (χ2v) is 9.47. The van der Waals surface area contributed by atoms with Crippen molar-refractivity contribution < 1.29 is 9.59 Å². The number of rotatable bonds is 6. The Hall–Kier alpha value is -2.21. The molecule has 2 amide bonds. The normalized spacial score (nSPS) is 16.1. The third-order valence-corrected chi connectivity index (χ3v) is 7.04. The molecule has 1 aliphatic rings. The molecule has 0 fully saturated rings. The zero-order chi connectivity index (χ0) is 21.7. The molecule has 0 unspecified atom stereocenters. The molecule has 5 nitrogen and oxygen atoms in total. The van der Waals surface area contributed by atoms with E-state index in [0.717, 1.165) is 20.5 Å². The van der Waals surface area contributed by atoms with Crippen molar-refractivity contribution in [1.29, 1.82) is 5.26 Å². The van der Waals surface area contributed by atoms with Gasteiger partial charge in [-0.3, -0.25) is 9.59 Å². The smallest absolute Gasteiger partial charge is 0.234 e. The summed E-state index contributed by atoms with van der Waals surface area (Å²) in [6, 6.07) is 15.8. The minimum Gasteiger partial charge on any atom is -0.324 e. The molecule has 2 aromatic carbocycles. The number of hydrogen-bond acceptors (Lipinski definition) is 5. The summed E-state index contributed by atoms with van der Waals surface area (Å²) in [6.45, 7) is 1.97. The number of aryl methyl sites for hydroxylation is 1. The Morgan fingerprint density at radius 2 is 2.03 bits per heavy atom. The van der Waals surface area contributed by atoms with Crippen molar-refractivity contribution in [2.45, 2.75) is 24.2 Å². The maximum Gasteiger partial charge on any atom is 0.234 e. The fourth-order valence-electron chi connectivity index (χ4n) is 3.10. The van der Waals surface area contributed by atoms with Gasteiger partial charge in [-0.1, -0.05) is 30.0 Å². The number of nitrogens with one attached hydrogen (secondary N) is 2. The van der Waals surface area contributed by atoms with E-state index in [4.69, 9.17) is 0 Å². The van der Waals surface area contributed by atoms with Crippen LogP contribution in [-0.4, -0.2) is 23.8 Å². The van der Waals surface area contributed by atoms with Crippen molar-refractivity contribution in [2.24, 2.45) is 0 Å². The first-order valence-corrected chi connectivity index (χ1v) is 12.2. The second kappa shape index (κ2) is 10.2. The molecule has 1 atom stereocenters. The van der Waals surface area contributed by atoms with Gasteiger partial charge in [0.2, 0.25) is 11.8 Å². The molecule has 0 aliphatic carbocycles. The second-order valence-electron chi connectivity index (χ2n) is 6.75. The van der Waals surface area contributed by atoms with Crippen LogP contribution in [0.15, 0.2) is 62.4 Å². The van der Waals surface area contributed by atoms with Crippen molar-refractivity contribution in [2.75, 3.05) is 17.3 Å². The predicted octanol–water partition coefficient (Wildman–Crippen LogP) is 5.19. The lowest BCUT2D eigenvalue weighted by molar-refractivity contribution is -0.121. The fraction of sp³-hybridized carbons (Fsp3) is 0.227. The molecule has 0 aromatic heterocycles. The lowest BCUT2D eigenvalue weighted by Crippen LogP contribution is -2.31. The number of carbonyl (C=O) groups excluding carboxylic acids is 2. The van der Waals surface area contributed by atoms with Crippen LogP contribution in [0.4, 0.5) is 5.69 Å². The maximum absolute atomic E-state index is 12.4. The van der Waals surface area contributed by atoms with Crippen LogP contribution in [0.2, 0.25) is 0 Å². The highest BCUT2D eigenvalue weighted by Gasteiger charge is 2.29. The van der Waals surface area contributed by atoms with E-state index in [1.54, 1.807) is 11.8 Å². The zero-order valence-electron chi connectivity index (χ0n) is 16.5. The van der Waals surface area contributed by atoms with E-state index in [-0.39, 0.29) is 29.9 Å². The fourth-order valence-corrected chi connectivity index (χ4v) is 4.98. The molecule has 2 aromatic rings. The summed E-state index contributed by atoms with van der Waals surface area (Å²) in [4.78, 5) is 25.8. The van der Waals surface area contributed by atoms with E-state index < -0.39 is 0 Å². The van der Waals surface area contributed by atoms with Gasteiger partial charge in [0.05, 0.1) is 28.1 Å². The molecule has 0 radical (unpaired) electrons. The molecule has 154 valence electrons. The number of allylic oxidation sites excluding steroid dienone is 1. The molecule has 0 spiro atoms. The van der Waals surface area contributed by atoms with E-state index in [0.29, 0.717) is 16.3 Å². The molecule has 3 rings (SSSR count). The summed E-state index contributed by atoms with van der Waals surface area (Å²) in [7, 11) is 0. The van der Waals surface area contributed by atoms with Gasteiger partial charge in [0.15, 0.2) is 0 Å². The van der Waals surface area contributed by atoms with Gasteiger partial charge in [-0.05, 0) is 64.5 Å². The number of hydrogen-bond donors (Lipinski definition) is 2. The van der Waals surface area contributed by atoms with E-state index in [1.807, 2.05) is 55.6 Å². The Morgan fingerprint density at radius 1 is 1.30 bits per heavy atom. The van der Waals surface area contributed by atoms with Crippen LogP contribution in [-0.2, 0) is 9.59 Å². The summed E-state index contributed by atoms with van der Waals surface area (Å²) in [5, 5.41) is 15.8. The summed E-state index contributed by atoms with van der Waals surface area (Å²) in [5.74, 6) is -0.595. The van der Waals surface area contributed by atoms with E-state index in [1.165, 1.54) is 11.8 Å². The predicted molar refractivity (Wildman–Crippen MR) is 126 cm³/mol. The quantitative estimate of drug-likeness (QED) is 0.532. The summed E-state index contributed by atoms with van der Waals surface area (Å²) in [6.07, 6.45) is 2.21. The number of thioether (sulfide) groups is 2. The highest BCUT2D eigenvalue weighted by Crippen LogP contribution is 2.36. The van der Waals surface area contributed by atoms with Crippen molar-refractivity contribution >= 4 is 57.0 Å². The Bertz CT molecular complexity index is 1050. The maximum atomic E-state index is 12.4. The largest absolute Gasteiger partial charge is 0.324 e. The number of carbonyl (C=O) groups is 2. The molecule has 2 N–H and O–H groups in total. The van der Waals surface area contributed by atoms with E-state index in [2.05, 4.69) is 32.6 Å². The van der Waals surface area contributed by atoms with Gasteiger partial charge in [0, 0.05) is 21.7 Å². The van der Waals surface area contributed by atoms with Gasteiger partial charge in [-0.2, -0.15) is 5.26 Å². The van der Waals surface area contributed by atoms with Gasteiger partial charge >= 0.3 is 0 Å². The Kier molecular flexibility index (Phi) is 7.64. The van der Waals surface area contributed by atoms with Gasteiger partial charge < -0.3 is 10.6 Å². The van der Waals surface area contributed by atoms with Crippen molar-refractivity contribution in [3.63, 3.8) is 0 Å². The van der Waals surface area contributed by atoms with Crippen molar-refractivity contribution in [3.8, 4) is 6.07 Å². The van der Waals surface area contributed by atoms with Gasteiger partial charge in [0.25, 0.3) is 0 Å². The summed E-state index contributed by atoms with van der Waals surface area (Å²) in [5.41, 5.74) is 3.17. The monoisotopic (exact) mass is 501 g/mol. The molecule has 0 bridgehead atoms. The molecule has 8 heteroatoms. The third-order valence-electron chi connectivity index (χ3n) is 4.62. The average Bonchev–Trinajstić information content (AvgIpc) is 2.74. The average molecular weight is 502 g/mol. The number of nitrogens with zero attached hydrogens (tertiary/aromatic N) is 1. The molecule has 0 saturated heterocycles. The van der Waals surface area contributed by atoms with Crippen LogP contribution in [0.25, 0.3) is 0 Å². The molecular formula is C22H20BrN3O2S2. The highest BCUT2D eigenvalue weighted by atomic mass is 79.9. The van der Waals surface area contributed by atoms with Crippen molar-refractivity contribution in [3.05, 3.63) is 68.7 Å². The van der Waals surface area contributed by atoms with Crippen LogP contribution in [0, 0.1) is 18.3 Å². The first kappa shape index (κ1) is 22.5. The van der Waals surface area contributed by atoms with Crippen LogP contribution in [0.1, 0.15) is 23.5 Å². The number of benzene rings is 2. The van der Waals surface area contributed by atoms with Crippen LogP contribution >= 0.6 is 39.5 Å². The standard InChI is InChI=1S/C22H20BrN3O2S2/c1-13-3-8-19(18(23)9-13)25-21(28)12-30-22-17(11-24)16(10-20(27)26-22)14-4-6-15(29-2)7-5-14/h3-9,16H,10,12H2,1-2H3,(H,25,28)(H,26,27)/t16-/m1/s1. The minimum absolute atomic E-state index is 0.0826. The third kappa shape index (κ3) is 5.48. The molecule has 30 heavy (non-hydrogen) atoms. The van der Waals surface area contributed by atoms with Gasteiger partial charge in [-0.25, -0.2) is 0 Å². The van der Waals surface area contributed by atoms with Gasteiger partial charge in [0.1, 0.15) is 0 Å². The SMILES string of the molecule is CSc1ccc([C@H]2CC(=O)NC(SCC(=O)Nc3ccc(C)cc3Br)=C2C#N)cc1. The van der Waals surface area contributed by atoms with Gasteiger partial charge in [-0.15, -0.1) is 11.8 Å². The Morgan fingerprint density at radius 3 is 2.67 bits per heavy atom. The summed E-state index contributed by atoms with van der Waals surface area (Å²) < 4.78 is 0.803. The first-order valence-electron chi connectivity index (χ1n) is 9.18. The number of halogens is 1. The number of nitriles is 1. The number of anilines is 1. The lowest BCUT2D eigenvalue weighted by atomic mass is 9.87. The van der Waals surface area contributed by atoms with Crippen molar-refractivity contribution in [1.82, 2.24) is 5.32 Å². The molecule has 1 aliphatic heterocycles. The van der Waals surface area contributed by atoms with Crippen LogP contribution in [0.3, 0.4) is 0 Å². The number of amides is 2. The first-order chi connectivity index (χ1) is 14.4. The molecule has 0 saturated carbocycles. The molecular weight excluding hydrogens is 482 g/mol. The lowest BCUT2D eigenvalue weighted by Gasteiger charge is -2.25. The Balaban J connectivity index is 1.75. The van der Waals surface area contributed by atoms with E-state index in [9.17, 15) is 14.9 Å². The highest BCUT2D eigenvalue weighted by molar-refractivity contribution is 9.10. The van der Waals surface area contributed by atoms with E-state index >= 15 is 0 Å².